The van der Waals surface area contributed by atoms with Gasteiger partial charge in [0.2, 0.25) is 0 Å². The number of nitrogens with zero attached hydrogens (tertiary/aromatic N) is 1. The highest BCUT2D eigenvalue weighted by Crippen LogP contribution is 2.06. The zero-order valence-corrected chi connectivity index (χ0v) is 7.81. The van der Waals surface area contributed by atoms with Crippen LogP contribution in [0.5, 0.6) is 0 Å². The summed E-state index contributed by atoms with van der Waals surface area (Å²) in [5.41, 5.74) is 2.12. The summed E-state index contributed by atoms with van der Waals surface area (Å²) in [5.74, 6) is 0.530. The van der Waals surface area contributed by atoms with E-state index in [0.29, 0.717) is 5.84 Å². The predicted octanol–water partition coefficient (Wildman–Crippen LogP) is 0.959. The molecule has 1 heterocycles. The molecule has 0 aromatic carbocycles. The number of allylic oxidation sites excluding steroid dienone is 2. The van der Waals surface area contributed by atoms with Gasteiger partial charge in [-0.25, -0.2) is 0 Å². The normalized spacial score (nSPS) is 15.9. The maximum atomic E-state index is 7.70. The molecular weight excluding hydrogens is 150 g/mol. The van der Waals surface area contributed by atoms with E-state index in [2.05, 4.69) is 11.4 Å². The summed E-state index contributed by atoms with van der Waals surface area (Å²) >= 11 is 0. The summed E-state index contributed by atoms with van der Waals surface area (Å²) in [6.07, 6.45) is 4.10. The molecule has 0 aliphatic carbocycles. The molecule has 0 fully saturated rings. The average Bonchev–Trinajstić information content (AvgIpc) is 2.03. The molecule has 0 aromatic heterocycles. The van der Waals surface area contributed by atoms with Crippen LogP contribution in [0, 0.1) is 5.41 Å². The molecule has 0 aromatic rings. The third kappa shape index (κ3) is 1.87. The lowest BCUT2D eigenvalue weighted by Gasteiger charge is -2.20. The van der Waals surface area contributed by atoms with E-state index in [9.17, 15) is 0 Å². The lowest BCUT2D eigenvalue weighted by atomic mass is 10.1. The molecule has 0 saturated carbocycles. The lowest BCUT2D eigenvalue weighted by molar-refractivity contribution is 0.609. The second-order valence-corrected chi connectivity index (χ2v) is 3.13. The minimum atomic E-state index is 0.530. The van der Waals surface area contributed by atoms with Crippen LogP contribution in [-0.2, 0) is 0 Å². The van der Waals surface area contributed by atoms with Gasteiger partial charge in [0.25, 0.3) is 0 Å². The Morgan fingerprint density at radius 1 is 1.58 bits per heavy atom. The third-order valence-corrected chi connectivity index (χ3v) is 1.79. The van der Waals surface area contributed by atoms with Crippen LogP contribution in [0.4, 0.5) is 0 Å². The minimum Gasteiger partial charge on any atom is -0.379 e. The first kappa shape index (κ1) is 8.84. The first-order valence-corrected chi connectivity index (χ1v) is 4.00. The molecule has 3 nitrogen and oxygen atoms in total. The van der Waals surface area contributed by atoms with Crippen LogP contribution in [-0.4, -0.2) is 31.4 Å². The first-order valence-electron chi connectivity index (χ1n) is 4.00. The van der Waals surface area contributed by atoms with Gasteiger partial charge in [-0.05, 0) is 13.0 Å². The van der Waals surface area contributed by atoms with Crippen LogP contribution in [0.15, 0.2) is 23.4 Å². The van der Waals surface area contributed by atoms with Gasteiger partial charge in [-0.3, -0.25) is 5.41 Å². The van der Waals surface area contributed by atoms with Crippen molar-refractivity contribution in [2.75, 3.05) is 20.6 Å². The Bertz CT molecular complexity index is 248. The van der Waals surface area contributed by atoms with Gasteiger partial charge in [-0.15, -0.1) is 0 Å². The van der Waals surface area contributed by atoms with E-state index in [0.717, 1.165) is 12.2 Å². The summed E-state index contributed by atoms with van der Waals surface area (Å²) in [6.45, 7) is 2.87. The van der Waals surface area contributed by atoms with E-state index < -0.39 is 0 Å². The predicted molar refractivity (Wildman–Crippen MR) is 51.3 cm³/mol. The maximum absolute atomic E-state index is 7.70. The van der Waals surface area contributed by atoms with E-state index in [1.807, 2.05) is 27.1 Å². The fourth-order valence-electron chi connectivity index (χ4n) is 1.05. The van der Waals surface area contributed by atoms with Crippen molar-refractivity contribution in [1.82, 2.24) is 10.2 Å². The minimum absolute atomic E-state index is 0.530. The second kappa shape index (κ2) is 3.43. The highest BCUT2D eigenvalue weighted by molar-refractivity contribution is 5.95. The van der Waals surface area contributed by atoms with Crippen molar-refractivity contribution in [3.05, 3.63) is 23.4 Å². The van der Waals surface area contributed by atoms with E-state index in [1.54, 1.807) is 4.90 Å². The van der Waals surface area contributed by atoms with Gasteiger partial charge in [0, 0.05) is 20.6 Å². The van der Waals surface area contributed by atoms with Crippen LogP contribution >= 0.6 is 0 Å². The molecule has 1 aliphatic rings. The second-order valence-electron chi connectivity index (χ2n) is 3.13. The Balaban J connectivity index is 2.76. The summed E-state index contributed by atoms with van der Waals surface area (Å²) in [4.78, 5) is 1.79. The number of rotatable bonds is 1. The van der Waals surface area contributed by atoms with Crippen LogP contribution in [0.3, 0.4) is 0 Å². The monoisotopic (exact) mass is 165 g/mol. The van der Waals surface area contributed by atoms with Gasteiger partial charge in [0.1, 0.15) is 5.84 Å². The van der Waals surface area contributed by atoms with Crippen LogP contribution < -0.4 is 5.32 Å². The van der Waals surface area contributed by atoms with E-state index in [-0.39, 0.29) is 0 Å². The van der Waals surface area contributed by atoms with Gasteiger partial charge in [0.15, 0.2) is 0 Å². The topological polar surface area (TPSA) is 39.1 Å². The Morgan fingerprint density at radius 3 is 2.75 bits per heavy atom. The van der Waals surface area contributed by atoms with Crippen molar-refractivity contribution in [2.45, 2.75) is 6.92 Å². The quantitative estimate of drug-likeness (QED) is 0.448. The summed E-state index contributed by atoms with van der Waals surface area (Å²) < 4.78 is 0. The van der Waals surface area contributed by atoms with Crippen LogP contribution in [0.1, 0.15) is 6.92 Å². The highest BCUT2D eigenvalue weighted by atomic mass is 15.1. The molecule has 2 N–H and O–H groups in total. The van der Waals surface area contributed by atoms with E-state index >= 15 is 0 Å². The van der Waals surface area contributed by atoms with Crippen LogP contribution in [0.2, 0.25) is 0 Å². The van der Waals surface area contributed by atoms with Crippen molar-refractivity contribution >= 4 is 5.84 Å². The average molecular weight is 165 g/mol. The van der Waals surface area contributed by atoms with Crippen molar-refractivity contribution in [3.8, 4) is 0 Å². The zero-order chi connectivity index (χ0) is 9.14. The molecule has 0 radical (unpaired) electrons. The molecule has 12 heavy (non-hydrogen) atoms. The Labute approximate surface area is 73.3 Å². The molecule has 0 unspecified atom stereocenters. The molecule has 3 heteroatoms. The molecule has 1 rings (SSSR count). The largest absolute Gasteiger partial charge is 0.379 e. The van der Waals surface area contributed by atoms with Crippen molar-refractivity contribution in [3.63, 3.8) is 0 Å². The summed E-state index contributed by atoms with van der Waals surface area (Å²) in [5, 5.41) is 10.8. The fraction of sp³-hybridized carbons (Fsp3) is 0.444. The summed E-state index contributed by atoms with van der Waals surface area (Å²) in [7, 11) is 3.75. The lowest BCUT2D eigenvalue weighted by Crippen LogP contribution is -2.31. The van der Waals surface area contributed by atoms with Gasteiger partial charge in [0.05, 0.1) is 5.70 Å². The maximum Gasteiger partial charge on any atom is 0.144 e. The van der Waals surface area contributed by atoms with Crippen LogP contribution in [0.25, 0.3) is 0 Å². The standard InChI is InChI=1S/C9H15N3/c1-7-4-5-11-8(6-7)9(10)12(2)3/h4,6,10-11H,5H2,1-3H3. The number of hydrogen-bond donors (Lipinski definition) is 2. The number of likely N-dealkylation sites (N-methyl/N-ethyl adjacent to an activating group) is 1. The number of hydrogen-bond acceptors (Lipinski definition) is 2. The van der Waals surface area contributed by atoms with Crippen molar-refractivity contribution < 1.29 is 0 Å². The molecule has 0 spiro atoms. The Kier molecular flexibility index (Phi) is 2.53. The fourth-order valence-corrected chi connectivity index (χ4v) is 1.05. The molecular formula is C9H15N3. The van der Waals surface area contributed by atoms with Crippen molar-refractivity contribution in [2.24, 2.45) is 0 Å². The van der Waals surface area contributed by atoms with Gasteiger partial charge < -0.3 is 10.2 Å². The molecule has 66 valence electrons. The molecule has 0 amide bonds. The van der Waals surface area contributed by atoms with Gasteiger partial charge in [-0.1, -0.05) is 11.6 Å². The molecule has 1 aliphatic heterocycles. The Morgan fingerprint density at radius 2 is 2.25 bits per heavy atom. The third-order valence-electron chi connectivity index (χ3n) is 1.79. The number of amidine groups is 1. The molecule has 0 atom stereocenters. The number of nitrogens with one attached hydrogen (secondary N) is 2. The molecule has 0 bridgehead atoms. The number of dihydropyridines is 1. The first-order chi connectivity index (χ1) is 5.61. The van der Waals surface area contributed by atoms with Crippen molar-refractivity contribution in [1.29, 1.82) is 5.41 Å². The Hall–Kier alpha value is -1.25. The highest BCUT2D eigenvalue weighted by Gasteiger charge is 2.08. The smallest absolute Gasteiger partial charge is 0.144 e. The molecule has 0 saturated heterocycles. The van der Waals surface area contributed by atoms with Gasteiger partial charge >= 0.3 is 0 Å². The van der Waals surface area contributed by atoms with E-state index in [4.69, 9.17) is 5.41 Å². The SMILES string of the molecule is CC1=CCNC(C(=N)N(C)C)=C1. The summed E-state index contributed by atoms with van der Waals surface area (Å²) in [6, 6.07) is 0. The zero-order valence-electron chi connectivity index (χ0n) is 7.81. The van der Waals surface area contributed by atoms with E-state index in [1.165, 1.54) is 5.57 Å². The van der Waals surface area contributed by atoms with Gasteiger partial charge in [-0.2, -0.15) is 0 Å².